The van der Waals surface area contributed by atoms with E-state index >= 15 is 0 Å². The molecule has 0 fully saturated rings. The molecule has 0 aliphatic rings. The number of nitrogens with zero attached hydrogens (tertiary/aromatic N) is 2. The Morgan fingerprint density at radius 3 is 0.921 bits per heavy atom. The quantitative estimate of drug-likeness (QED) is 0.0681. The Balaban J connectivity index is 0.000000176. The van der Waals surface area contributed by atoms with E-state index in [1.165, 1.54) is 37.2 Å². The van der Waals surface area contributed by atoms with Crippen molar-refractivity contribution in [1.29, 1.82) is 10.5 Å². The van der Waals surface area contributed by atoms with E-state index in [2.05, 4.69) is 226 Å². The van der Waals surface area contributed by atoms with Crippen LogP contribution in [0.3, 0.4) is 0 Å². The van der Waals surface area contributed by atoms with Crippen LogP contribution in [0.4, 0.5) is 0 Å². The third kappa shape index (κ3) is 15.7. The molecule has 89 heavy (non-hydrogen) atoms. The number of hydrogen-bond acceptors (Lipinski definition) is 11. The van der Waals surface area contributed by atoms with E-state index in [0.717, 1.165) is 40.3 Å². The molecule has 4 heterocycles. The van der Waals surface area contributed by atoms with E-state index in [0.29, 0.717) is 42.7 Å². The Kier molecular flexibility index (Phi) is 23.1. The molecule has 0 atom stereocenters. The lowest BCUT2D eigenvalue weighted by Crippen LogP contribution is -2.66. The van der Waals surface area contributed by atoms with Crippen molar-refractivity contribution in [1.82, 2.24) is 0 Å². The molecule has 0 spiro atoms. The van der Waals surface area contributed by atoms with Crippen LogP contribution >= 0.6 is 0 Å². The molecule has 10 aromatic rings. The van der Waals surface area contributed by atoms with Crippen molar-refractivity contribution in [2.24, 2.45) is 0 Å². The first kappa shape index (κ1) is 68.1. The smallest absolute Gasteiger partial charge is 0.261 e. The van der Waals surface area contributed by atoms with Gasteiger partial charge < -0.3 is 36.1 Å². The van der Waals surface area contributed by atoms with Crippen LogP contribution in [0, 0.1) is 50.4 Å². The normalized spacial score (nSPS) is 11.8. The Bertz CT molecular complexity index is 3760. The number of carbonyl (C=O) groups excluding carboxylic acids is 1. The maximum Gasteiger partial charge on any atom is 0.261 e. The zero-order chi connectivity index (χ0) is 64.5. The highest BCUT2D eigenvalue weighted by Crippen LogP contribution is 2.40. The molecule has 0 aliphatic carbocycles. The van der Waals surface area contributed by atoms with Crippen molar-refractivity contribution < 1.29 is 40.8 Å². The third-order valence-electron chi connectivity index (χ3n) is 16.1. The van der Waals surface area contributed by atoms with Crippen LogP contribution in [0.5, 0.6) is 0 Å². The van der Waals surface area contributed by atoms with Gasteiger partial charge in [-0.05, 0) is 86.1 Å². The van der Waals surface area contributed by atoms with Crippen LogP contribution in [0.2, 0.25) is 15.1 Å². The second kappa shape index (κ2) is 30.2. The number of aryl methyl sites for hydroxylation is 4. The van der Waals surface area contributed by atoms with E-state index < -0.39 is 25.0 Å². The Morgan fingerprint density at radius 2 is 0.685 bits per heavy atom. The van der Waals surface area contributed by atoms with E-state index in [4.69, 9.17) is 46.6 Å². The fourth-order valence-electron chi connectivity index (χ4n) is 11.6. The molecule has 0 aliphatic heterocycles. The van der Waals surface area contributed by atoms with Gasteiger partial charge in [-0.3, -0.25) is 4.79 Å². The zero-order valence-corrected chi connectivity index (χ0v) is 56.7. The maximum absolute atomic E-state index is 11.0. The van der Waals surface area contributed by atoms with Gasteiger partial charge >= 0.3 is 0 Å². The molecular weight excluding hydrogens is 1160 g/mol. The standard InChI is InChI=1S/C23H25NO2Si.C23H26O3Si.C22H26O2Si.C7H7NO2/c2*1-18-19(15-20(16-24)26-18)17-25-27(23(2,3)4,21-11-7-5-8-12-21)22-13-9-6-10-14-22;1-18-19(15-16-23-18)17-24-25(22(2,3)4,20-11-7-5-8-12-20)21-13-9-6-10-14-21;1-5-6(4-9)2-7(3-8)10-5/h5-15H,17H2,1-4H3;5-16H,17H2,1-4H3;5-16H,17H2,1-4H3;2,9H,4H2,1H3. The average Bonchev–Trinajstić information content (AvgIpc) is 1.23. The van der Waals surface area contributed by atoms with Crippen molar-refractivity contribution in [2.45, 2.75) is 132 Å². The summed E-state index contributed by atoms with van der Waals surface area (Å²) < 4.78 is 42.0. The number of benzene rings is 6. The molecule has 10 rings (SSSR count). The number of nitriles is 2. The van der Waals surface area contributed by atoms with E-state index in [1.807, 2.05) is 57.2 Å². The van der Waals surface area contributed by atoms with Gasteiger partial charge in [0.2, 0.25) is 11.5 Å². The van der Waals surface area contributed by atoms with Gasteiger partial charge in [0, 0.05) is 34.4 Å². The summed E-state index contributed by atoms with van der Waals surface area (Å²) in [5, 5.41) is 33.5. The van der Waals surface area contributed by atoms with Crippen LogP contribution in [0.15, 0.2) is 230 Å². The van der Waals surface area contributed by atoms with E-state index in [-0.39, 0.29) is 27.5 Å². The van der Waals surface area contributed by atoms with Crippen LogP contribution in [-0.4, -0.2) is 36.3 Å². The zero-order valence-electron chi connectivity index (χ0n) is 53.7. The highest BCUT2D eigenvalue weighted by molar-refractivity contribution is 7.00. The largest absolute Gasteiger partial charge is 0.469 e. The van der Waals surface area contributed by atoms with Crippen molar-refractivity contribution in [2.75, 3.05) is 0 Å². The number of rotatable bonds is 17. The molecule has 11 nitrogen and oxygen atoms in total. The molecule has 460 valence electrons. The summed E-state index contributed by atoms with van der Waals surface area (Å²) >= 11 is 0. The topological polar surface area (TPSA) is 165 Å². The minimum absolute atomic E-state index is 0.00660. The van der Waals surface area contributed by atoms with Crippen molar-refractivity contribution in [3.05, 3.63) is 275 Å². The molecule has 6 aromatic carbocycles. The van der Waals surface area contributed by atoms with Gasteiger partial charge in [-0.15, -0.1) is 0 Å². The van der Waals surface area contributed by atoms with Crippen LogP contribution in [0.25, 0.3) is 0 Å². The van der Waals surface area contributed by atoms with E-state index in [9.17, 15) is 4.79 Å². The van der Waals surface area contributed by atoms with Gasteiger partial charge in [0.1, 0.15) is 35.2 Å². The number of aliphatic hydroxyl groups excluding tert-OH is 1. The monoisotopic (exact) mass is 1240 g/mol. The molecule has 0 saturated carbocycles. The second-order valence-corrected chi connectivity index (χ2v) is 37.9. The minimum Gasteiger partial charge on any atom is -0.469 e. The number of carbonyl (C=O) groups is 1. The van der Waals surface area contributed by atoms with Crippen LogP contribution in [-0.2, 0) is 39.7 Å². The lowest BCUT2D eigenvalue weighted by molar-refractivity contribution is 0.109. The summed E-state index contributed by atoms with van der Waals surface area (Å²) in [5.41, 5.74) is 3.65. The molecule has 4 aromatic heterocycles. The van der Waals surface area contributed by atoms with Gasteiger partial charge in [-0.2, -0.15) is 10.5 Å². The van der Waals surface area contributed by atoms with E-state index in [1.54, 1.807) is 25.3 Å². The summed E-state index contributed by atoms with van der Waals surface area (Å²) in [7, 11) is -7.64. The Labute approximate surface area is 529 Å². The van der Waals surface area contributed by atoms with Crippen molar-refractivity contribution in [3.8, 4) is 12.1 Å². The third-order valence-corrected chi connectivity index (χ3v) is 31.1. The lowest BCUT2D eigenvalue weighted by atomic mass is 10.2. The first-order chi connectivity index (χ1) is 42.5. The Hall–Kier alpha value is -8.42. The second-order valence-electron chi connectivity index (χ2n) is 25.0. The number of aldehydes is 1. The fraction of sp³-hybridized carbons (Fsp3) is 0.267. The lowest BCUT2D eigenvalue weighted by Gasteiger charge is -2.43. The highest BCUT2D eigenvalue weighted by atomic mass is 28.4. The molecule has 1 N–H and O–H groups in total. The van der Waals surface area contributed by atoms with Gasteiger partial charge in [0.15, 0.2) is 12.0 Å². The average molecular weight is 1240 g/mol. The highest BCUT2D eigenvalue weighted by Gasteiger charge is 2.52. The maximum atomic E-state index is 11.0. The minimum atomic E-state index is -2.59. The summed E-state index contributed by atoms with van der Waals surface area (Å²) in [6.45, 7) is 29.2. The number of furan rings is 4. The van der Waals surface area contributed by atoms with Crippen LogP contribution < -0.4 is 31.1 Å². The number of aliphatic hydroxyl groups is 1. The van der Waals surface area contributed by atoms with Gasteiger partial charge in [0.25, 0.3) is 25.0 Å². The summed E-state index contributed by atoms with van der Waals surface area (Å²) in [4.78, 5) is 11.0. The van der Waals surface area contributed by atoms with Gasteiger partial charge in [-0.1, -0.05) is 244 Å². The number of hydrogen-bond donors (Lipinski definition) is 1. The van der Waals surface area contributed by atoms with Crippen molar-refractivity contribution in [3.63, 3.8) is 0 Å². The summed E-state index contributed by atoms with van der Waals surface area (Å²) in [5.74, 6) is 3.93. The molecule has 0 bridgehead atoms. The fourth-order valence-corrected chi connectivity index (χ4v) is 25.2. The summed E-state index contributed by atoms with van der Waals surface area (Å²) in [6.07, 6.45) is 2.47. The molecule has 0 amide bonds. The summed E-state index contributed by atoms with van der Waals surface area (Å²) in [6, 6.07) is 74.6. The van der Waals surface area contributed by atoms with Gasteiger partial charge in [0.05, 0.1) is 32.7 Å². The molecule has 14 heteroatoms. The van der Waals surface area contributed by atoms with Crippen molar-refractivity contribution >= 4 is 62.4 Å². The SMILES string of the molecule is Cc1oc(C#N)cc1CO.Cc1oc(C#N)cc1CO[Si](c1ccccc1)(c1ccccc1)C(C)(C)C.Cc1oc(C=O)cc1CO[Si](c1ccccc1)(c1ccccc1)C(C)(C)C.Cc1occc1CO[Si](c1ccccc1)(c1ccccc1)C(C)(C)C. The predicted octanol–water partition coefficient (Wildman–Crippen LogP) is 14.6. The molecule has 0 saturated heterocycles. The van der Waals surface area contributed by atoms with Gasteiger partial charge in [-0.25, -0.2) is 0 Å². The molecule has 0 unspecified atom stereocenters. The predicted molar refractivity (Wildman–Crippen MR) is 362 cm³/mol. The van der Waals surface area contributed by atoms with Crippen LogP contribution in [0.1, 0.15) is 130 Å². The first-order valence-electron chi connectivity index (χ1n) is 29.9. The molecular formula is C75H84N2O9Si3. The Morgan fingerprint density at radius 1 is 0.404 bits per heavy atom. The molecule has 0 radical (unpaired) electrons. The first-order valence-corrected chi connectivity index (χ1v) is 35.6.